The summed E-state index contributed by atoms with van der Waals surface area (Å²) in [5, 5.41) is 0. The lowest BCUT2D eigenvalue weighted by Gasteiger charge is -2.09. The number of halogens is 1. The number of ether oxygens (including phenoxy) is 1. The van der Waals surface area contributed by atoms with Gasteiger partial charge in [-0.3, -0.25) is 4.79 Å². The van der Waals surface area contributed by atoms with Crippen LogP contribution in [0.15, 0.2) is 48.5 Å². The Labute approximate surface area is 125 Å². The van der Waals surface area contributed by atoms with Gasteiger partial charge in [0.15, 0.2) is 11.9 Å². The molecular formula is C16H13IO2. The summed E-state index contributed by atoms with van der Waals surface area (Å²) in [5.41, 5.74) is 2.17. The minimum absolute atomic E-state index is 0.150. The third-order valence-corrected chi connectivity index (χ3v) is 4.02. The number of rotatable bonds is 3. The molecule has 1 aliphatic heterocycles. The smallest absolute Gasteiger partial charge is 0.177 e. The second kappa shape index (κ2) is 5.33. The van der Waals surface area contributed by atoms with Gasteiger partial charge in [0.1, 0.15) is 5.75 Å². The Hall–Kier alpha value is -1.36. The van der Waals surface area contributed by atoms with Gasteiger partial charge >= 0.3 is 0 Å². The zero-order chi connectivity index (χ0) is 13.2. The van der Waals surface area contributed by atoms with Crippen molar-refractivity contribution in [3.8, 4) is 5.75 Å². The SMILES string of the molecule is O=C(Cc1ccc(I)cc1)C1Cc2ccccc2O1. The van der Waals surface area contributed by atoms with Crippen molar-refractivity contribution in [2.24, 2.45) is 0 Å². The highest BCUT2D eigenvalue weighted by atomic mass is 127. The molecule has 1 aliphatic rings. The van der Waals surface area contributed by atoms with Crippen LogP contribution in [-0.2, 0) is 17.6 Å². The predicted molar refractivity (Wildman–Crippen MR) is 82.4 cm³/mol. The van der Waals surface area contributed by atoms with E-state index in [0.29, 0.717) is 12.8 Å². The summed E-state index contributed by atoms with van der Waals surface area (Å²) in [7, 11) is 0. The summed E-state index contributed by atoms with van der Waals surface area (Å²) in [6.07, 6.45) is 0.811. The van der Waals surface area contributed by atoms with Gasteiger partial charge in [-0.15, -0.1) is 0 Å². The van der Waals surface area contributed by atoms with Crippen molar-refractivity contribution in [3.05, 3.63) is 63.2 Å². The third kappa shape index (κ3) is 2.81. The van der Waals surface area contributed by atoms with E-state index >= 15 is 0 Å². The molecule has 0 amide bonds. The van der Waals surface area contributed by atoms with Crippen LogP contribution in [0, 0.1) is 3.57 Å². The fourth-order valence-electron chi connectivity index (χ4n) is 2.28. The van der Waals surface area contributed by atoms with Crippen LogP contribution in [0.4, 0.5) is 0 Å². The van der Waals surface area contributed by atoms with Crippen molar-refractivity contribution < 1.29 is 9.53 Å². The van der Waals surface area contributed by atoms with Crippen LogP contribution in [0.3, 0.4) is 0 Å². The highest BCUT2D eigenvalue weighted by Gasteiger charge is 2.28. The number of hydrogen-bond acceptors (Lipinski definition) is 2. The molecule has 0 spiro atoms. The van der Waals surface area contributed by atoms with E-state index in [1.54, 1.807) is 0 Å². The first kappa shape index (κ1) is 12.7. The number of ketones is 1. The molecule has 0 N–H and O–H groups in total. The monoisotopic (exact) mass is 364 g/mol. The molecular weight excluding hydrogens is 351 g/mol. The third-order valence-electron chi connectivity index (χ3n) is 3.30. The van der Waals surface area contributed by atoms with Gasteiger partial charge in [0, 0.05) is 16.4 Å². The number of Topliss-reactive ketones (excluding diaryl/α,β-unsaturated/α-hetero) is 1. The molecule has 2 aromatic carbocycles. The zero-order valence-corrected chi connectivity index (χ0v) is 12.5. The maximum Gasteiger partial charge on any atom is 0.177 e. The topological polar surface area (TPSA) is 26.3 Å². The van der Waals surface area contributed by atoms with Gasteiger partial charge in [0.05, 0.1) is 0 Å². The van der Waals surface area contributed by atoms with Gasteiger partial charge in [0.25, 0.3) is 0 Å². The van der Waals surface area contributed by atoms with Crippen LogP contribution in [-0.4, -0.2) is 11.9 Å². The molecule has 0 aromatic heterocycles. The average Bonchev–Trinajstić information content (AvgIpc) is 2.85. The van der Waals surface area contributed by atoms with Gasteiger partial charge in [-0.2, -0.15) is 0 Å². The molecule has 0 bridgehead atoms. The van der Waals surface area contributed by atoms with E-state index in [-0.39, 0.29) is 11.9 Å². The lowest BCUT2D eigenvalue weighted by atomic mass is 10.0. The molecule has 3 heteroatoms. The van der Waals surface area contributed by atoms with Gasteiger partial charge < -0.3 is 4.74 Å². The van der Waals surface area contributed by atoms with Crippen molar-refractivity contribution in [1.82, 2.24) is 0 Å². The summed E-state index contributed by atoms with van der Waals surface area (Å²) in [6, 6.07) is 15.9. The molecule has 1 heterocycles. The highest BCUT2D eigenvalue weighted by Crippen LogP contribution is 2.28. The summed E-state index contributed by atoms with van der Waals surface area (Å²) >= 11 is 2.26. The van der Waals surface area contributed by atoms with E-state index in [4.69, 9.17) is 4.74 Å². The molecule has 3 rings (SSSR count). The molecule has 19 heavy (non-hydrogen) atoms. The number of fused-ring (bicyclic) bond motifs is 1. The standard InChI is InChI=1S/C16H13IO2/c17-13-7-5-11(6-8-13)9-14(18)16-10-12-3-1-2-4-15(12)19-16/h1-8,16H,9-10H2. The summed E-state index contributed by atoms with van der Waals surface area (Å²) in [4.78, 5) is 12.2. The lowest BCUT2D eigenvalue weighted by molar-refractivity contribution is -0.124. The van der Waals surface area contributed by atoms with Gasteiger partial charge in [-0.25, -0.2) is 0 Å². The quantitative estimate of drug-likeness (QED) is 0.781. The molecule has 2 nitrogen and oxygen atoms in total. The van der Waals surface area contributed by atoms with E-state index in [0.717, 1.165) is 16.9 Å². The van der Waals surface area contributed by atoms with Crippen LogP contribution in [0.25, 0.3) is 0 Å². The zero-order valence-electron chi connectivity index (χ0n) is 10.3. The Morgan fingerprint density at radius 3 is 2.63 bits per heavy atom. The largest absolute Gasteiger partial charge is 0.482 e. The van der Waals surface area contributed by atoms with Crippen molar-refractivity contribution in [2.45, 2.75) is 18.9 Å². The Kier molecular flexibility index (Phi) is 3.55. The maximum atomic E-state index is 12.2. The van der Waals surface area contributed by atoms with Gasteiger partial charge in [-0.1, -0.05) is 30.3 Å². The first-order valence-corrected chi connectivity index (χ1v) is 7.32. The summed E-state index contributed by atoms with van der Waals surface area (Å²) in [5.74, 6) is 1.00. The van der Waals surface area contributed by atoms with Crippen LogP contribution in [0.1, 0.15) is 11.1 Å². The first-order chi connectivity index (χ1) is 9.22. The number of hydrogen-bond donors (Lipinski definition) is 0. The van der Waals surface area contributed by atoms with E-state index in [1.807, 2.05) is 48.5 Å². The van der Waals surface area contributed by atoms with Crippen molar-refractivity contribution in [1.29, 1.82) is 0 Å². The maximum absolute atomic E-state index is 12.2. The average molecular weight is 364 g/mol. The van der Waals surface area contributed by atoms with Crippen molar-refractivity contribution in [3.63, 3.8) is 0 Å². The molecule has 1 atom stereocenters. The first-order valence-electron chi connectivity index (χ1n) is 6.24. The van der Waals surface area contributed by atoms with Crippen LogP contribution in [0.2, 0.25) is 0 Å². The molecule has 0 fully saturated rings. The fraction of sp³-hybridized carbons (Fsp3) is 0.188. The molecule has 0 saturated carbocycles. The second-order valence-corrected chi connectivity index (χ2v) is 5.93. The summed E-state index contributed by atoms with van der Waals surface area (Å²) < 4.78 is 6.89. The molecule has 96 valence electrons. The lowest BCUT2D eigenvalue weighted by Crippen LogP contribution is -2.26. The van der Waals surface area contributed by atoms with E-state index < -0.39 is 0 Å². The molecule has 0 saturated heterocycles. The minimum Gasteiger partial charge on any atom is -0.482 e. The normalized spacial score (nSPS) is 16.8. The number of carbonyl (C=O) groups excluding carboxylic acids is 1. The van der Waals surface area contributed by atoms with Crippen LogP contribution < -0.4 is 4.74 Å². The fourth-order valence-corrected chi connectivity index (χ4v) is 2.64. The highest BCUT2D eigenvalue weighted by molar-refractivity contribution is 14.1. The number of carbonyl (C=O) groups is 1. The van der Waals surface area contributed by atoms with E-state index in [9.17, 15) is 4.79 Å². The Bertz CT molecular complexity index is 579. The number of para-hydroxylation sites is 1. The number of benzene rings is 2. The van der Waals surface area contributed by atoms with Gasteiger partial charge in [-0.05, 0) is 51.9 Å². The minimum atomic E-state index is -0.323. The van der Waals surface area contributed by atoms with E-state index in [1.165, 1.54) is 3.57 Å². The molecule has 0 aliphatic carbocycles. The molecule has 0 radical (unpaired) electrons. The van der Waals surface area contributed by atoms with Gasteiger partial charge in [0.2, 0.25) is 0 Å². The summed E-state index contributed by atoms with van der Waals surface area (Å²) in [6.45, 7) is 0. The van der Waals surface area contributed by atoms with Crippen molar-refractivity contribution >= 4 is 28.4 Å². The molecule has 2 aromatic rings. The van der Waals surface area contributed by atoms with Crippen LogP contribution in [0.5, 0.6) is 5.75 Å². The van der Waals surface area contributed by atoms with E-state index in [2.05, 4.69) is 22.6 Å². The molecule has 1 unspecified atom stereocenters. The second-order valence-electron chi connectivity index (χ2n) is 4.69. The van der Waals surface area contributed by atoms with Crippen LogP contribution >= 0.6 is 22.6 Å². The Morgan fingerprint density at radius 1 is 1.16 bits per heavy atom. The Morgan fingerprint density at radius 2 is 1.89 bits per heavy atom. The predicted octanol–water partition coefficient (Wildman–Crippen LogP) is 3.41. The Balaban J connectivity index is 1.68. The van der Waals surface area contributed by atoms with Crippen molar-refractivity contribution in [2.75, 3.05) is 0 Å².